The minimum Gasteiger partial charge on any atom is -0.298 e. The summed E-state index contributed by atoms with van der Waals surface area (Å²) in [5, 5.41) is 1.25. The molecule has 3 rings (SSSR count). The molecule has 0 bridgehead atoms. The van der Waals surface area contributed by atoms with Gasteiger partial charge in [0.15, 0.2) is 0 Å². The molecule has 2 aromatic heterocycles. The van der Waals surface area contributed by atoms with Gasteiger partial charge in [-0.05, 0) is 30.2 Å². The van der Waals surface area contributed by atoms with Gasteiger partial charge in [-0.2, -0.15) is 0 Å². The molecule has 0 saturated heterocycles. The van der Waals surface area contributed by atoms with Crippen LogP contribution in [0.5, 0.6) is 0 Å². The molecule has 0 fully saturated rings. The van der Waals surface area contributed by atoms with Crippen LogP contribution in [0.4, 0.5) is 0 Å². The summed E-state index contributed by atoms with van der Waals surface area (Å²) >= 11 is 6.06. The van der Waals surface area contributed by atoms with Crippen molar-refractivity contribution < 1.29 is 0 Å². The molecule has 20 heavy (non-hydrogen) atoms. The molecule has 1 aromatic carbocycles. The van der Waals surface area contributed by atoms with Gasteiger partial charge in [0.05, 0.1) is 22.3 Å². The van der Waals surface area contributed by atoms with Crippen molar-refractivity contribution in [3.8, 4) is 0 Å². The molecule has 0 aliphatic carbocycles. The van der Waals surface area contributed by atoms with Crippen LogP contribution in [0.1, 0.15) is 5.56 Å². The van der Waals surface area contributed by atoms with E-state index >= 15 is 0 Å². The number of rotatable bonds is 3. The van der Waals surface area contributed by atoms with Crippen LogP contribution >= 0.6 is 11.6 Å². The van der Waals surface area contributed by atoms with Crippen LogP contribution in [0.25, 0.3) is 10.9 Å². The number of hydrogen-bond donors (Lipinski definition) is 0. The van der Waals surface area contributed by atoms with Crippen molar-refractivity contribution in [2.24, 2.45) is 0 Å². The average Bonchev–Trinajstić information content (AvgIpc) is 2.48. The molecule has 3 aromatic rings. The molecule has 2 heterocycles. The molecule has 100 valence electrons. The van der Waals surface area contributed by atoms with Crippen LogP contribution in [0.2, 0.25) is 5.02 Å². The Balaban J connectivity index is 1.90. The van der Waals surface area contributed by atoms with Gasteiger partial charge >= 0.3 is 0 Å². The van der Waals surface area contributed by atoms with Crippen molar-refractivity contribution in [3.05, 3.63) is 70.0 Å². The molecule has 0 radical (unpaired) electrons. The lowest BCUT2D eigenvalue weighted by Crippen LogP contribution is -2.21. The summed E-state index contributed by atoms with van der Waals surface area (Å²) in [6.07, 6.45) is 5.56. The second kappa shape index (κ2) is 5.43. The minimum absolute atomic E-state index is 0.0271. The van der Waals surface area contributed by atoms with Gasteiger partial charge in [-0.15, -0.1) is 0 Å². The van der Waals surface area contributed by atoms with Crippen LogP contribution < -0.4 is 5.56 Å². The summed E-state index contributed by atoms with van der Waals surface area (Å²) in [5.74, 6) is 0. The van der Waals surface area contributed by atoms with E-state index < -0.39 is 0 Å². The maximum atomic E-state index is 12.3. The first-order chi connectivity index (χ1) is 9.75. The maximum Gasteiger partial charge on any atom is 0.261 e. The highest BCUT2D eigenvalue weighted by Gasteiger charge is 2.05. The van der Waals surface area contributed by atoms with Crippen LogP contribution in [-0.4, -0.2) is 14.5 Å². The SMILES string of the molecule is O=c1c2ccccc2ncn1CCc1ccncc1Cl. The zero-order valence-electron chi connectivity index (χ0n) is 10.7. The van der Waals surface area contributed by atoms with Crippen molar-refractivity contribution >= 4 is 22.5 Å². The molecule has 5 heteroatoms. The first kappa shape index (κ1) is 12.8. The molecule has 0 spiro atoms. The number of benzene rings is 1. The topological polar surface area (TPSA) is 47.8 Å². The average molecular weight is 286 g/mol. The Morgan fingerprint density at radius 3 is 2.90 bits per heavy atom. The van der Waals surface area contributed by atoms with Gasteiger partial charge in [0.2, 0.25) is 0 Å². The summed E-state index contributed by atoms with van der Waals surface area (Å²) in [7, 11) is 0. The van der Waals surface area contributed by atoms with Crippen LogP contribution in [0.15, 0.2) is 53.8 Å². The summed E-state index contributed by atoms with van der Waals surface area (Å²) in [6.45, 7) is 0.542. The zero-order chi connectivity index (χ0) is 13.9. The van der Waals surface area contributed by atoms with Crippen molar-refractivity contribution in [1.82, 2.24) is 14.5 Å². The van der Waals surface area contributed by atoms with Crippen LogP contribution in [-0.2, 0) is 13.0 Å². The van der Waals surface area contributed by atoms with Crippen molar-refractivity contribution in [2.45, 2.75) is 13.0 Å². The largest absolute Gasteiger partial charge is 0.298 e. The standard InChI is InChI=1S/C15H12ClN3O/c16-13-9-17-7-5-11(13)6-8-19-10-18-14-4-2-1-3-12(14)15(19)20/h1-5,7,9-10H,6,8H2. The van der Waals surface area contributed by atoms with Crippen molar-refractivity contribution in [1.29, 1.82) is 0 Å². The molecule has 4 nitrogen and oxygen atoms in total. The maximum absolute atomic E-state index is 12.3. The third-order valence-corrected chi connectivity index (χ3v) is 3.55. The third kappa shape index (κ3) is 2.42. The molecule has 0 saturated carbocycles. The Morgan fingerprint density at radius 1 is 1.20 bits per heavy atom. The summed E-state index contributed by atoms with van der Waals surface area (Å²) in [5.41, 5.74) is 1.66. The van der Waals surface area contributed by atoms with E-state index in [1.54, 1.807) is 29.4 Å². The summed E-state index contributed by atoms with van der Waals surface area (Å²) in [6, 6.07) is 9.20. The van der Waals surface area contributed by atoms with Gasteiger partial charge in [-0.1, -0.05) is 23.7 Å². The normalized spacial score (nSPS) is 10.8. The number of hydrogen-bond acceptors (Lipinski definition) is 3. The lowest BCUT2D eigenvalue weighted by molar-refractivity contribution is 0.662. The second-order valence-corrected chi connectivity index (χ2v) is 4.88. The van der Waals surface area contributed by atoms with E-state index in [9.17, 15) is 4.79 Å². The van der Waals surface area contributed by atoms with Crippen LogP contribution in [0.3, 0.4) is 0 Å². The number of aromatic nitrogens is 3. The Morgan fingerprint density at radius 2 is 2.05 bits per heavy atom. The number of fused-ring (bicyclic) bond motifs is 1. The fraction of sp³-hybridized carbons (Fsp3) is 0.133. The first-order valence-corrected chi connectivity index (χ1v) is 6.66. The predicted molar refractivity (Wildman–Crippen MR) is 79.0 cm³/mol. The number of pyridine rings is 1. The molecular formula is C15H12ClN3O. The highest BCUT2D eigenvalue weighted by Crippen LogP contribution is 2.14. The molecular weight excluding hydrogens is 274 g/mol. The Kier molecular flexibility index (Phi) is 3.48. The van der Waals surface area contributed by atoms with E-state index in [0.717, 1.165) is 11.1 Å². The second-order valence-electron chi connectivity index (χ2n) is 4.48. The van der Waals surface area contributed by atoms with Gasteiger partial charge in [-0.25, -0.2) is 4.98 Å². The van der Waals surface area contributed by atoms with Gasteiger partial charge in [-0.3, -0.25) is 14.3 Å². The van der Waals surface area contributed by atoms with E-state index in [2.05, 4.69) is 9.97 Å². The van der Waals surface area contributed by atoms with Gasteiger partial charge in [0, 0.05) is 18.9 Å². The highest BCUT2D eigenvalue weighted by molar-refractivity contribution is 6.31. The zero-order valence-corrected chi connectivity index (χ0v) is 11.4. The number of halogens is 1. The Bertz CT molecular complexity index is 813. The fourth-order valence-corrected chi connectivity index (χ4v) is 2.33. The summed E-state index contributed by atoms with van der Waals surface area (Å²) in [4.78, 5) is 20.6. The lowest BCUT2D eigenvalue weighted by Gasteiger charge is -2.07. The van der Waals surface area contributed by atoms with E-state index in [-0.39, 0.29) is 5.56 Å². The first-order valence-electron chi connectivity index (χ1n) is 6.28. The summed E-state index contributed by atoms with van der Waals surface area (Å²) < 4.78 is 1.61. The van der Waals surface area contributed by atoms with E-state index in [1.807, 2.05) is 24.3 Å². The molecule has 0 N–H and O–H groups in total. The lowest BCUT2D eigenvalue weighted by atomic mass is 10.2. The quantitative estimate of drug-likeness (QED) is 0.743. The van der Waals surface area contributed by atoms with Crippen molar-refractivity contribution in [2.75, 3.05) is 0 Å². The highest BCUT2D eigenvalue weighted by atomic mass is 35.5. The Labute approximate surface area is 120 Å². The molecule has 0 aliphatic heterocycles. The van der Waals surface area contributed by atoms with Gasteiger partial charge < -0.3 is 0 Å². The predicted octanol–water partition coefficient (Wildman–Crippen LogP) is 2.69. The van der Waals surface area contributed by atoms with Gasteiger partial charge in [0.25, 0.3) is 5.56 Å². The van der Waals surface area contributed by atoms with E-state index in [4.69, 9.17) is 11.6 Å². The molecule has 0 aliphatic rings. The van der Waals surface area contributed by atoms with Gasteiger partial charge in [0.1, 0.15) is 0 Å². The smallest absolute Gasteiger partial charge is 0.261 e. The third-order valence-electron chi connectivity index (χ3n) is 3.21. The minimum atomic E-state index is -0.0271. The number of aryl methyl sites for hydroxylation is 2. The van der Waals surface area contributed by atoms with E-state index in [1.165, 1.54) is 0 Å². The van der Waals surface area contributed by atoms with Crippen molar-refractivity contribution in [3.63, 3.8) is 0 Å². The molecule has 0 unspecified atom stereocenters. The molecule has 0 atom stereocenters. The fourth-order valence-electron chi connectivity index (χ4n) is 2.11. The number of nitrogens with zero attached hydrogens (tertiary/aromatic N) is 3. The number of para-hydroxylation sites is 1. The Hall–Kier alpha value is -2.20. The van der Waals surface area contributed by atoms with Crippen LogP contribution in [0, 0.1) is 0 Å². The monoisotopic (exact) mass is 285 g/mol. The molecule has 0 amide bonds. The van der Waals surface area contributed by atoms with E-state index in [0.29, 0.717) is 23.4 Å².